The van der Waals surface area contributed by atoms with Crippen LogP contribution in [0, 0.1) is 0 Å². The molecule has 0 radical (unpaired) electrons. The first-order chi connectivity index (χ1) is 15.8. The molecular weight excluding hydrogens is 442 g/mol. The molecule has 0 aliphatic carbocycles. The van der Waals surface area contributed by atoms with Crippen LogP contribution in [0.25, 0.3) is 34.3 Å². The third kappa shape index (κ3) is 4.72. The third-order valence-electron chi connectivity index (χ3n) is 4.99. The molecular formula is C22H29N7O3S. The Labute approximate surface area is 196 Å². The molecule has 0 spiro atoms. The van der Waals surface area contributed by atoms with Gasteiger partial charge in [0.15, 0.2) is 11.5 Å². The predicted molar refractivity (Wildman–Crippen MR) is 132 cm³/mol. The molecule has 2 aromatic carbocycles. The van der Waals surface area contributed by atoms with Gasteiger partial charge in [0.05, 0.1) is 16.8 Å². The minimum atomic E-state index is -3.02. The summed E-state index contributed by atoms with van der Waals surface area (Å²) >= 11 is 0. The van der Waals surface area contributed by atoms with Crippen LogP contribution in [-0.2, 0) is 6.54 Å². The molecule has 10 nitrogen and oxygen atoms in total. The lowest BCUT2D eigenvalue weighted by molar-refractivity contribution is 0.414. The van der Waals surface area contributed by atoms with Crippen LogP contribution in [0.3, 0.4) is 0 Å². The summed E-state index contributed by atoms with van der Waals surface area (Å²) in [6, 6.07) is 14.6. The molecule has 0 amide bonds. The molecule has 4 aromatic rings. The molecule has 176 valence electrons. The quantitative estimate of drug-likeness (QED) is 0.308. The Hall–Kier alpha value is -3.35. The Balaban J connectivity index is 0.00000216. The Morgan fingerprint density at radius 1 is 1.00 bits per heavy atom. The summed E-state index contributed by atoms with van der Waals surface area (Å²) in [7, 11) is 2.08. The van der Waals surface area contributed by atoms with Gasteiger partial charge in [0.1, 0.15) is 0 Å². The van der Waals surface area contributed by atoms with Crippen LogP contribution in [0.4, 0.5) is 5.82 Å². The number of nitrogens with zero attached hydrogens (tertiary/aromatic N) is 5. The van der Waals surface area contributed by atoms with E-state index in [1.165, 1.54) is 10.5 Å². The molecule has 2 heterocycles. The number of nitrogens with two attached hydrogens (primary N) is 1. The molecule has 4 rings (SSSR count). The number of benzene rings is 2. The third-order valence-corrected chi connectivity index (χ3v) is 6.91. The average Bonchev–Trinajstić information content (AvgIpc) is 3.30. The summed E-state index contributed by atoms with van der Waals surface area (Å²) in [5.41, 5.74) is 9.49. The highest BCUT2D eigenvalue weighted by atomic mass is 32.3. The van der Waals surface area contributed by atoms with Crippen molar-refractivity contribution >= 4 is 16.6 Å². The van der Waals surface area contributed by atoms with Gasteiger partial charge in [-0.15, -0.1) is 21.0 Å². The van der Waals surface area contributed by atoms with Gasteiger partial charge < -0.3 is 15.5 Å². The SMILES string of the molecule is CNCc1ccc(-c2nnc(-c3nc(-c4ccc(S(O)(O)N(C)C)cc4)cnc3N)o2)cc1.[HH].[HH]. The normalized spacial score (nSPS) is 12.3. The molecule has 0 atom stereocenters. The number of rotatable bonds is 7. The molecule has 33 heavy (non-hydrogen) atoms. The average molecular weight is 472 g/mol. The van der Waals surface area contributed by atoms with Crippen molar-refractivity contribution in [2.24, 2.45) is 0 Å². The van der Waals surface area contributed by atoms with Gasteiger partial charge in [-0.25, -0.2) is 14.3 Å². The topological polar surface area (TPSA) is 146 Å². The van der Waals surface area contributed by atoms with Crippen molar-refractivity contribution in [3.63, 3.8) is 0 Å². The fraction of sp³-hybridized carbons (Fsp3) is 0.182. The van der Waals surface area contributed by atoms with E-state index < -0.39 is 10.8 Å². The van der Waals surface area contributed by atoms with Crippen LogP contribution >= 0.6 is 10.8 Å². The van der Waals surface area contributed by atoms with Gasteiger partial charge in [-0.3, -0.25) is 9.11 Å². The Kier molecular flexibility index (Phi) is 6.40. The second kappa shape index (κ2) is 9.25. The van der Waals surface area contributed by atoms with Crippen LogP contribution in [0.15, 0.2) is 64.0 Å². The van der Waals surface area contributed by atoms with Gasteiger partial charge in [0, 0.05) is 34.6 Å². The van der Waals surface area contributed by atoms with Gasteiger partial charge >= 0.3 is 0 Å². The second-order valence-electron chi connectivity index (χ2n) is 7.48. The monoisotopic (exact) mass is 471 g/mol. The summed E-state index contributed by atoms with van der Waals surface area (Å²) in [6.45, 7) is 0.767. The highest BCUT2D eigenvalue weighted by molar-refractivity contribution is 8.22. The van der Waals surface area contributed by atoms with Gasteiger partial charge in [-0.1, -0.05) is 24.3 Å². The van der Waals surface area contributed by atoms with E-state index in [1.54, 1.807) is 38.4 Å². The lowest BCUT2D eigenvalue weighted by Crippen LogP contribution is -2.18. The smallest absolute Gasteiger partial charge is 0.270 e. The molecule has 11 heteroatoms. The standard InChI is InChI=1S/C22H25N7O3S.2H2/c1-24-12-14-4-6-16(7-5-14)21-27-28-22(32-21)19-20(23)25-13-18(26-19)15-8-10-17(11-9-15)33(30,31)29(2)3;;/h4-11,13,24,30-31H,12H2,1-3H3,(H2,23,25);2*1H. The molecule has 0 aliphatic rings. The second-order valence-corrected chi connectivity index (χ2v) is 9.72. The maximum absolute atomic E-state index is 10.3. The van der Waals surface area contributed by atoms with Crippen LogP contribution in [0.2, 0.25) is 0 Å². The predicted octanol–water partition coefficient (Wildman–Crippen LogP) is 4.24. The van der Waals surface area contributed by atoms with E-state index in [0.717, 1.165) is 23.2 Å². The van der Waals surface area contributed by atoms with E-state index in [1.807, 2.05) is 31.3 Å². The summed E-state index contributed by atoms with van der Waals surface area (Å²) < 4.78 is 27.8. The number of aromatic nitrogens is 4. The van der Waals surface area contributed by atoms with Crippen molar-refractivity contribution in [1.29, 1.82) is 0 Å². The maximum Gasteiger partial charge on any atom is 0.270 e. The van der Waals surface area contributed by atoms with Gasteiger partial charge in [-0.2, -0.15) is 0 Å². The van der Waals surface area contributed by atoms with Crippen molar-refractivity contribution in [3.8, 4) is 34.3 Å². The van der Waals surface area contributed by atoms with Crippen molar-refractivity contribution in [1.82, 2.24) is 29.8 Å². The highest BCUT2D eigenvalue weighted by Gasteiger charge is 2.20. The highest BCUT2D eigenvalue weighted by Crippen LogP contribution is 2.49. The van der Waals surface area contributed by atoms with Crippen molar-refractivity contribution in [2.75, 3.05) is 26.9 Å². The van der Waals surface area contributed by atoms with E-state index in [4.69, 9.17) is 10.2 Å². The van der Waals surface area contributed by atoms with E-state index >= 15 is 0 Å². The zero-order valence-corrected chi connectivity index (χ0v) is 19.2. The molecule has 5 N–H and O–H groups in total. The molecule has 2 aromatic heterocycles. The zero-order valence-electron chi connectivity index (χ0n) is 18.4. The first-order valence-electron chi connectivity index (χ1n) is 10.1. The number of anilines is 1. The summed E-state index contributed by atoms with van der Waals surface area (Å²) in [5.74, 6) is 0.678. The summed E-state index contributed by atoms with van der Waals surface area (Å²) in [5, 5.41) is 11.3. The Bertz CT molecular complexity index is 1250. The number of hydrogen-bond donors (Lipinski definition) is 4. The molecule has 0 bridgehead atoms. The largest absolute Gasteiger partial charge is 0.414 e. The molecule has 0 aliphatic heterocycles. The minimum absolute atomic E-state index is 0. The van der Waals surface area contributed by atoms with Crippen LogP contribution in [0.5, 0.6) is 0 Å². The number of nitrogens with one attached hydrogen (secondary N) is 1. The molecule has 0 saturated heterocycles. The minimum Gasteiger partial charge on any atom is -0.414 e. The summed E-state index contributed by atoms with van der Waals surface area (Å²) in [4.78, 5) is 9.19. The zero-order chi connectivity index (χ0) is 23.6. The van der Waals surface area contributed by atoms with E-state index in [2.05, 4.69) is 25.5 Å². The lowest BCUT2D eigenvalue weighted by Gasteiger charge is -2.38. The van der Waals surface area contributed by atoms with Gasteiger partial charge in [-0.05, 0) is 36.9 Å². The first-order valence-corrected chi connectivity index (χ1v) is 11.6. The van der Waals surface area contributed by atoms with Gasteiger partial charge in [0.25, 0.3) is 5.89 Å². The van der Waals surface area contributed by atoms with Crippen LogP contribution < -0.4 is 11.1 Å². The lowest BCUT2D eigenvalue weighted by atomic mass is 10.1. The van der Waals surface area contributed by atoms with Crippen LogP contribution in [0.1, 0.15) is 8.42 Å². The van der Waals surface area contributed by atoms with Crippen molar-refractivity contribution in [2.45, 2.75) is 11.4 Å². The van der Waals surface area contributed by atoms with Crippen molar-refractivity contribution < 1.29 is 16.4 Å². The molecule has 0 saturated carbocycles. The van der Waals surface area contributed by atoms with Crippen LogP contribution in [-0.4, -0.2) is 54.7 Å². The fourth-order valence-corrected chi connectivity index (χ4v) is 4.04. The Morgan fingerprint density at radius 2 is 1.64 bits per heavy atom. The van der Waals surface area contributed by atoms with E-state index in [0.29, 0.717) is 16.5 Å². The van der Waals surface area contributed by atoms with Gasteiger partial charge in [0.2, 0.25) is 5.89 Å². The summed E-state index contributed by atoms with van der Waals surface area (Å²) in [6.07, 6.45) is 1.54. The fourth-order valence-electron chi connectivity index (χ4n) is 3.12. The molecule has 0 unspecified atom stereocenters. The Morgan fingerprint density at radius 3 is 2.27 bits per heavy atom. The maximum atomic E-state index is 10.3. The number of nitrogen functional groups attached to an aromatic ring is 1. The van der Waals surface area contributed by atoms with E-state index in [-0.39, 0.29) is 20.3 Å². The van der Waals surface area contributed by atoms with E-state index in [9.17, 15) is 9.11 Å². The first kappa shape index (κ1) is 22.8. The molecule has 0 fully saturated rings. The number of hydrogen-bond acceptors (Lipinski definition) is 10. The van der Waals surface area contributed by atoms with Crippen molar-refractivity contribution in [3.05, 3.63) is 60.3 Å².